The van der Waals surface area contributed by atoms with Crippen molar-refractivity contribution in [2.24, 2.45) is 5.41 Å². The van der Waals surface area contributed by atoms with E-state index in [1.54, 1.807) is 0 Å². The Balaban J connectivity index is 2.35. The highest BCUT2D eigenvalue weighted by Gasteiger charge is 2.48. The predicted molar refractivity (Wildman–Crippen MR) is 74.9 cm³/mol. The number of rotatable bonds is 4. The van der Waals surface area contributed by atoms with Crippen molar-refractivity contribution in [1.29, 1.82) is 0 Å². The van der Waals surface area contributed by atoms with Gasteiger partial charge in [-0.05, 0) is 29.5 Å². The highest BCUT2D eigenvalue weighted by molar-refractivity contribution is 7.89. The van der Waals surface area contributed by atoms with Crippen LogP contribution in [0.3, 0.4) is 0 Å². The second-order valence-corrected chi connectivity index (χ2v) is 7.90. The smallest absolute Gasteiger partial charge is 0.242 e. The van der Waals surface area contributed by atoms with Gasteiger partial charge in [0.1, 0.15) is 4.90 Å². The third-order valence-electron chi connectivity index (χ3n) is 3.37. The lowest BCUT2D eigenvalue weighted by Gasteiger charge is -2.11. The summed E-state index contributed by atoms with van der Waals surface area (Å²) in [5.41, 5.74) is 0.313. The van der Waals surface area contributed by atoms with Crippen molar-refractivity contribution in [2.45, 2.75) is 37.8 Å². The lowest BCUT2D eigenvalue weighted by atomic mass is 10.2. The predicted octanol–water partition coefficient (Wildman–Crippen LogP) is 2.56. The van der Waals surface area contributed by atoms with Gasteiger partial charge in [-0.15, -0.1) is 0 Å². The summed E-state index contributed by atoms with van der Waals surface area (Å²) in [6.07, 6.45) is 0.796. The molecule has 0 bridgehead atoms. The van der Waals surface area contributed by atoms with Crippen LogP contribution in [0.4, 0.5) is 0 Å². The Morgan fingerprint density at radius 1 is 1.37 bits per heavy atom. The Kier molecular flexibility index (Phi) is 3.88. The van der Waals surface area contributed by atoms with E-state index >= 15 is 0 Å². The molecule has 0 amide bonds. The monoisotopic (exact) mass is 323 g/mol. The Bertz CT molecular complexity index is 614. The van der Waals surface area contributed by atoms with Crippen LogP contribution in [-0.4, -0.2) is 19.6 Å². The number of sulfonamides is 1. The molecule has 1 aliphatic carbocycles. The second-order valence-electron chi connectivity index (χ2n) is 5.40. The summed E-state index contributed by atoms with van der Waals surface area (Å²) in [5, 5.41) is 9.43. The van der Waals surface area contributed by atoms with Crippen LogP contribution in [0.25, 0.3) is 0 Å². The molecule has 0 saturated heterocycles. The van der Waals surface area contributed by atoms with Crippen LogP contribution in [-0.2, 0) is 16.6 Å². The largest absolute Gasteiger partial charge is 0.392 e. The minimum atomic E-state index is -3.70. The summed E-state index contributed by atoms with van der Waals surface area (Å²) in [7, 11) is -3.70. The maximum absolute atomic E-state index is 12.3. The Labute approximate surface area is 122 Å². The van der Waals surface area contributed by atoms with Gasteiger partial charge in [0.25, 0.3) is 0 Å². The zero-order valence-corrected chi connectivity index (χ0v) is 12.9. The summed E-state index contributed by atoms with van der Waals surface area (Å²) in [6, 6.07) is 2.56. The van der Waals surface area contributed by atoms with Crippen LogP contribution >= 0.6 is 23.2 Å². The Morgan fingerprint density at radius 3 is 2.42 bits per heavy atom. The number of aliphatic hydroxyl groups is 1. The first kappa shape index (κ1) is 15.1. The van der Waals surface area contributed by atoms with E-state index in [1.165, 1.54) is 12.1 Å². The fourth-order valence-electron chi connectivity index (χ4n) is 1.82. The zero-order valence-electron chi connectivity index (χ0n) is 10.6. The lowest BCUT2D eigenvalue weighted by Crippen LogP contribution is -2.28. The summed E-state index contributed by atoms with van der Waals surface area (Å²) in [6.45, 7) is 3.64. The van der Waals surface area contributed by atoms with Crippen molar-refractivity contribution in [3.05, 3.63) is 27.7 Å². The molecule has 1 aromatic carbocycles. The minimum absolute atomic E-state index is 0.0220. The van der Waals surface area contributed by atoms with Crippen molar-refractivity contribution < 1.29 is 13.5 Å². The molecule has 1 aliphatic rings. The van der Waals surface area contributed by atoms with Crippen LogP contribution in [0.5, 0.6) is 0 Å². The Morgan fingerprint density at radius 2 is 1.95 bits per heavy atom. The first-order chi connectivity index (χ1) is 8.67. The maximum atomic E-state index is 12.3. The molecular weight excluding hydrogens is 309 g/mol. The molecule has 4 nitrogen and oxygen atoms in total. The van der Waals surface area contributed by atoms with Gasteiger partial charge in [-0.2, -0.15) is 0 Å². The van der Waals surface area contributed by atoms with Gasteiger partial charge in [0.2, 0.25) is 10.0 Å². The van der Waals surface area contributed by atoms with Gasteiger partial charge in [-0.3, -0.25) is 0 Å². The van der Waals surface area contributed by atoms with Gasteiger partial charge < -0.3 is 5.11 Å². The molecule has 2 N–H and O–H groups in total. The summed E-state index contributed by atoms with van der Waals surface area (Å²) < 4.78 is 27.1. The molecule has 0 heterocycles. The fraction of sp³-hybridized carbons (Fsp3) is 0.500. The van der Waals surface area contributed by atoms with Crippen molar-refractivity contribution in [3.8, 4) is 0 Å². The van der Waals surface area contributed by atoms with Gasteiger partial charge >= 0.3 is 0 Å². The van der Waals surface area contributed by atoms with Crippen LogP contribution < -0.4 is 4.72 Å². The molecule has 1 unspecified atom stereocenters. The van der Waals surface area contributed by atoms with Gasteiger partial charge in [0, 0.05) is 11.1 Å². The number of hydrogen-bond donors (Lipinski definition) is 2. The van der Waals surface area contributed by atoms with Crippen molar-refractivity contribution in [3.63, 3.8) is 0 Å². The molecule has 2 rings (SSSR count). The first-order valence-electron chi connectivity index (χ1n) is 5.78. The summed E-state index contributed by atoms with van der Waals surface area (Å²) in [5.74, 6) is 0. The Hall–Kier alpha value is -0.330. The molecule has 1 atom stereocenters. The van der Waals surface area contributed by atoms with Crippen LogP contribution in [0, 0.1) is 5.41 Å². The topological polar surface area (TPSA) is 66.4 Å². The van der Waals surface area contributed by atoms with Gasteiger partial charge in [0.15, 0.2) is 0 Å². The number of halogens is 2. The summed E-state index contributed by atoms with van der Waals surface area (Å²) >= 11 is 11.8. The highest BCUT2D eigenvalue weighted by Crippen LogP contribution is 2.45. The van der Waals surface area contributed by atoms with E-state index in [0.717, 1.165) is 6.42 Å². The molecule has 106 valence electrons. The molecule has 1 aromatic rings. The van der Waals surface area contributed by atoms with E-state index in [0.29, 0.717) is 5.56 Å². The third kappa shape index (κ3) is 3.06. The SMILES string of the molecule is CC1(C)CC1NS(=O)(=O)c1cc(CO)c(Cl)cc1Cl. The highest BCUT2D eigenvalue weighted by atomic mass is 35.5. The van der Waals surface area contributed by atoms with Crippen molar-refractivity contribution in [2.75, 3.05) is 0 Å². The van der Waals surface area contributed by atoms with E-state index in [2.05, 4.69) is 4.72 Å². The minimum Gasteiger partial charge on any atom is -0.392 e. The lowest BCUT2D eigenvalue weighted by molar-refractivity contribution is 0.281. The molecular formula is C12H15Cl2NO3S. The van der Waals surface area contributed by atoms with E-state index < -0.39 is 10.0 Å². The summed E-state index contributed by atoms with van der Waals surface area (Å²) in [4.78, 5) is -0.0506. The number of hydrogen-bond acceptors (Lipinski definition) is 3. The molecule has 0 radical (unpaired) electrons. The molecule has 0 aromatic heterocycles. The number of nitrogens with one attached hydrogen (secondary N) is 1. The quantitative estimate of drug-likeness (QED) is 0.894. The fourth-order valence-corrected chi connectivity index (χ4v) is 4.08. The zero-order chi connectivity index (χ0) is 14.4. The average molecular weight is 324 g/mol. The van der Waals surface area contributed by atoms with Crippen LogP contribution in [0.2, 0.25) is 10.0 Å². The van der Waals surface area contributed by atoms with Crippen LogP contribution in [0.1, 0.15) is 25.8 Å². The maximum Gasteiger partial charge on any atom is 0.242 e. The van der Waals surface area contributed by atoms with E-state index in [1.807, 2.05) is 13.8 Å². The molecule has 0 spiro atoms. The average Bonchev–Trinajstić information content (AvgIpc) is 2.84. The van der Waals surface area contributed by atoms with Crippen molar-refractivity contribution in [1.82, 2.24) is 4.72 Å². The molecule has 0 aliphatic heterocycles. The normalized spacial score (nSPS) is 21.4. The third-order valence-corrected chi connectivity index (χ3v) is 5.66. The molecule has 1 saturated carbocycles. The van der Waals surface area contributed by atoms with E-state index in [9.17, 15) is 8.42 Å². The standard InChI is InChI=1S/C12H15Cl2NO3S/c1-12(2)5-11(12)15-19(17,18)10-3-7(6-16)8(13)4-9(10)14/h3-4,11,15-16H,5-6H2,1-2H3. The van der Waals surface area contributed by atoms with Crippen LogP contribution in [0.15, 0.2) is 17.0 Å². The van der Waals surface area contributed by atoms with Crippen molar-refractivity contribution >= 4 is 33.2 Å². The van der Waals surface area contributed by atoms with Gasteiger partial charge in [-0.1, -0.05) is 37.0 Å². The number of benzene rings is 1. The number of aliphatic hydroxyl groups excluding tert-OH is 1. The molecule has 7 heteroatoms. The van der Waals surface area contributed by atoms with Gasteiger partial charge in [0.05, 0.1) is 11.6 Å². The van der Waals surface area contributed by atoms with E-state index in [-0.39, 0.29) is 33.0 Å². The molecule has 19 heavy (non-hydrogen) atoms. The second kappa shape index (κ2) is 4.90. The van der Waals surface area contributed by atoms with E-state index in [4.69, 9.17) is 28.3 Å². The first-order valence-corrected chi connectivity index (χ1v) is 8.02. The molecule has 1 fully saturated rings. The van der Waals surface area contributed by atoms with Gasteiger partial charge in [-0.25, -0.2) is 13.1 Å².